The van der Waals surface area contributed by atoms with Crippen LogP contribution in [-0.2, 0) is 17.5 Å². The first-order chi connectivity index (χ1) is 16.0. The largest absolute Gasteiger partial charge is 0.497 e. The minimum absolute atomic E-state index is 0.00176. The molecular formula is C24H26F3N3O4. The Labute approximate surface area is 194 Å². The van der Waals surface area contributed by atoms with Crippen molar-refractivity contribution in [2.75, 3.05) is 14.2 Å². The summed E-state index contributed by atoms with van der Waals surface area (Å²) in [5, 5.41) is 2.72. The van der Waals surface area contributed by atoms with Crippen LogP contribution in [0.25, 0.3) is 11.0 Å². The zero-order chi connectivity index (χ0) is 25.2. The fourth-order valence-corrected chi connectivity index (χ4v) is 3.74. The smallest absolute Gasteiger partial charge is 0.438 e. The highest BCUT2D eigenvalue weighted by molar-refractivity contribution is 5.84. The molecule has 10 heteroatoms. The molecule has 1 unspecified atom stereocenters. The van der Waals surface area contributed by atoms with E-state index >= 15 is 0 Å². The number of nitrogens with zero attached hydrogens (tertiary/aromatic N) is 2. The molecule has 0 spiro atoms. The van der Waals surface area contributed by atoms with Crippen LogP contribution in [0.3, 0.4) is 0 Å². The van der Waals surface area contributed by atoms with Gasteiger partial charge in [-0.1, -0.05) is 6.92 Å². The van der Waals surface area contributed by atoms with E-state index in [-0.39, 0.29) is 24.0 Å². The van der Waals surface area contributed by atoms with Crippen LogP contribution in [-0.4, -0.2) is 29.7 Å². The lowest BCUT2D eigenvalue weighted by atomic mass is 10.1. The van der Waals surface area contributed by atoms with Gasteiger partial charge in [-0.15, -0.1) is 0 Å². The van der Waals surface area contributed by atoms with Crippen LogP contribution in [0.1, 0.15) is 41.8 Å². The quantitative estimate of drug-likeness (QED) is 0.548. The highest BCUT2D eigenvalue weighted by Gasteiger charge is 2.38. The molecule has 0 aliphatic rings. The number of methoxy groups -OCH3 is 2. The van der Waals surface area contributed by atoms with E-state index < -0.39 is 29.4 Å². The number of ether oxygens (including phenoxy) is 2. The molecule has 34 heavy (non-hydrogen) atoms. The van der Waals surface area contributed by atoms with Crippen molar-refractivity contribution in [3.05, 3.63) is 63.1 Å². The van der Waals surface area contributed by atoms with Gasteiger partial charge in [0.1, 0.15) is 17.5 Å². The van der Waals surface area contributed by atoms with Crippen LogP contribution < -0.4 is 20.3 Å². The number of benzene rings is 2. The van der Waals surface area contributed by atoms with E-state index in [2.05, 4.69) is 10.3 Å². The molecule has 7 nitrogen and oxygen atoms in total. The second-order valence-electron chi connectivity index (χ2n) is 7.88. The number of halogens is 3. The second-order valence-corrected chi connectivity index (χ2v) is 7.88. The van der Waals surface area contributed by atoms with E-state index in [9.17, 15) is 22.8 Å². The first kappa shape index (κ1) is 25.1. The van der Waals surface area contributed by atoms with Gasteiger partial charge >= 0.3 is 6.18 Å². The minimum atomic E-state index is -4.96. The maximum absolute atomic E-state index is 13.6. The summed E-state index contributed by atoms with van der Waals surface area (Å²) >= 11 is 0. The molecule has 0 aliphatic carbocycles. The van der Waals surface area contributed by atoms with Gasteiger partial charge in [0.25, 0.3) is 5.56 Å². The SMILES string of the molecule is CCC(C(=O)NCc1ccc(OC)cc1OC)n1c(=O)c(C(F)(F)F)nc2cc(C)c(C)cc21. The predicted molar refractivity (Wildman–Crippen MR) is 121 cm³/mol. The number of hydrogen-bond acceptors (Lipinski definition) is 5. The van der Waals surface area contributed by atoms with E-state index in [0.29, 0.717) is 17.1 Å². The molecule has 1 N–H and O–H groups in total. The van der Waals surface area contributed by atoms with Gasteiger partial charge in [0, 0.05) is 18.2 Å². The highest BCUT2D eigenvalue weighted by atomic mass is 19.4. The van der Waals surface area contributed by atoms with Crippen molar-refractivity contribution in [1.82, 2.24) is 14.9 Å². The summed E-state index contributed by atoms with van der Waals surface area (Å²) in [4.78, 5) is 29.7. The van der Waals surface area contributed by atoms with Crippen molar-refractivity contribution in [3.8, 4) is 11.5 Å². The van der Waals surface area contributed by atoms with Crippen molar-refractivity contribution in [2.45, 2.75) is 46.0 Å². The van der Waals surface area contributed by atoms with Gasteiger partial charge in [0.05, 0.1) is 25.3 Å². The van der Waals surface area contributed by atoms with Crippen LogP contribution in [0, 0.1) is 13.8 Å². The Bertz CT molecular complexity index is 1290. The van der Waals surface area contributed by atoms with Gasteiger partial charge in [0.15, 0.2) is 0 Å². The van der Waals surface area contributed by atoms with Crippen molar-refractivity contribution >= 4 is 16.9 Å². The number of hydrogen-bond donors (Lipinski definition) is 1. The van der Waals surface area contributed by atoms with Gasteiger partial charge < -0.3 is 14.8 Å². The molecule has 3 rings (SSSR count). The van der Waals surface area contributed by atoms with Crippen LogP contribution in [0.4, 0.5) is 13.2 Å². The molecule has 1 atom stereocenters. The normalized spacial score (nSPS) is 12.5. The Morgan fingerprint density at radius 1 is 1.12 bits per heavy atom. The molecule has 182 valence electrons. The Hall–Kier alpha value is -3.56. The number of fused-ring (bicyclic) bond motifs is 1. The van der Waals surface area contributed by atoms with Crippen molar-refractivity contribution in [3.63, 3.8) is 0 Å². The number of amides is 1. The number of aryl methyl sites for hydroxylation is 2. The summed E-state index contributed by atoms with van der Waals surface area (Å²) in [6, 6.07) is 6.96. The average molecular weight is 477 g/mol. The molecule has 0 fully saturated rings. The first-order valence-corrected chi connectivity index (χ1v) is 10.6. The molecule has 1 amide bonds. The number of aromatic nitrogens is 2. The Kier molecular flexibility index (Phi) is 7.18. The summed E-state index contributed by atoms with van der Waals surface area (Å²) in [6.07, 6.45) is -4.87. The predicted octanol–water partition coefficient (Wildman–Crippen LogP) is 4.32. The van der Waals surface area contributed by atoms with Crippen LogP contribution in [0.2, 0.25) is 0 Å². The zero-order valence-corrected chi connectivity index (χ0v) is 19.5. The van der Waals surface area contributed by atoms with Crippen LogP contribution in [0.5, 0.6) is 11.5 Å². The molecule has 1 aromatic heterocycles. The lowest BCUT2D eigenvalue weighted by Crippen LogP contribution is -2.40. The lowest BCUT2D eigenvalue weighted by Gasteiger charge is -2.22. The number of rotatable bonds is 7. The van der Waals surface area contributed by atoms with Gasteiger partial charge in [0.2, 0.25) is 11.6 Å². The first-order valence-electron chi connectivity index (χ1n) is 10.6. The molecule has 3 aromatic rings. The van der Waals surface area contributed by atoms with Gasteiger partial charge in [-0.05, 0) is 55.7 Å². The Morgan fingerprint density at radius 3 is 2.38 bits per heavy atom. The molecule has 1 heterocycles. The van der Waals surface area contributed by atoms with E-state index in [1.54, 1.807) is 45.0 Å². The molecule has 0 bridgehead atoms. The topological polar surface area (TPSA) is 82.5 Å². The van der Waals surface area contributed by atoms with Crippen molar-refractivity contribution in [2.24, 2.45) is 0 Å². The van der Waals surface area contributed by atoms with E-state index in [1.165, 1.54) is 20.3 Å². The minimum Gasteiger partial charge on any atom is -0.497 e. The average Bonchev–Trinajstić information content (AvgIpc) is 2.79. The summed E-state index contributed by atoms with van der Waals surface area (Å²) in [7, 11) is 2.98. The van der Waals surface area contributed by atoms with Gasteiger partial charge in [-0.25, -0.2) is 4.98 Å². The molecule has 2 aromatic carbocycles. The summed E-state index contributed by atoms with van der Waals surface area (Å²) in [6.45, 7) is 5.19. The standard InChI is InChI=1S/C24H26F3N3O4/c1-6-18(22(31)28-12-15-7-8-16(33-4)11-20(15)34-5)30-19-10-14(3)13(2)9-17(19)29-21(23(30)32)24(25,26)27/h7-11,18H,6,12H2,1-5H3,(H,28,31). The molecular weight excluding hydrogens is 451 g/mol. The van der Waals surface area contributed by atoms with Crippen molar-refractivity contribution in [1.29, 1.82) is 0 Å². The van der Waals surface area contributed by atoms with Gasteiger partial charge in [-0.2, -0.15) is 13.2 Å². The third-order valence-electron chi connectivity index (χ3n) is 5.72. The summed E-state index contributed by atoms with van der Waals surface area (Å²) in [5.41, 5.74) is -0.606. The van der Waals surface area contributed by atoms with Crippen LogP contribution >= 0.6 is 0 Å². The maximum Gasteiger partial charge on any atom is 0.438 e. The lowest BCUT2D eigenvalue weighted by molar-refractivity contribution is -0.142. The third-order valence-corrected chi connectivity index (χ3v) is 5.72. The van der Waals surface area contributed by atoms with E-state index in [4.69, 9.17) is 9.47 Å². The van der Waals surface area contributed by atoms with Gasteiger partial charge in [-0.3, -0.25) is 14.2 Å². The van der Waals surface area contributed by atoms with E-state index in [1.807, 2.05) is 0 Å². The molecule has 0 radical (unpaired) electrons. The van der Waals surface area contributed by atoms with E-state index in [0.717, 1.165) is 15.7 Å². The fraction of sp³-hybridized carbons (Fsp3) is 0.375. The Balaban J connectivity index is 2.06. The monoisotopic (exact) mass is 477 g/mol. The summed E-state index contributed by atoms with van der Waals surface area (Å²) < 4.78 is 52.2. The highest BCUT2D eigenvalue weighted by Crippen LogP contribution is 2.29. The Morgan fingerprint density at radius 2 is 1.79 bits per heavy atom. The van der Waals surface area contributed by atoms with Crippen LogP contribution in [0.15, 0.2) is 35.1 Å². The summed E-state index contributed by atoms with van der Waals surface area (Å²) in [5.74, 6) is 0.449. The second kappa shape index (κ2) is 9.74. The molecule has 0 aliphatic heterocycles. The number of carbonyl (C=O) groups excluding carboxylic acids is 1. The maximum atomic E-state index is 13.6. The molecule has 0 saturated carbocycles. The third kappa shape index (κ3) is 4.85. The van der Waals surface area contributed by atoms with Crippen molar-refractivity contribution < 1.29 is 27.4 Å². The number of alkyl halides is 3. The zero-order valence-electron chi connectivity index (χ0n) is 19.5. The number of nitrogens with one attached hydrogen (secondary N) is 1. The molecule has 0 saturated heterocycles. The number of carbonyl (C=O) groups is 1. The fourth-order valence-electron chi connectivity index (χ4n) is 3.74.